The molecule has 0 saturated carbocycles. The van der Waals surface area contributed by atoms with Gasteiger partial charge in [-0.25, -0.2) is 0 Å². The summed E-state index contributed by atoms with van der Waals surface area (Å²) in [7, 11) is -2.74. The van der Waals surface area contributed by atoms with Gasteiger partial charge in [0.1, 0.15) is 0 Å². The molecule has 14 heavy (non-hydrogen) atoms. The zero-order chi connectivity index (χ0) is 11.4. The van der Waals surface area contributed by atoms with Crippen LogP contribution in [0.3, 0.4) is 0 Å². The zero-order valence-electron chi connectivity index (χ0n) is 9.90. The number of thiol groups is 1. The third kappa shape index (κ3) is 6.84. The Balaban J connectivity index is 4.32. The van der Waals surface area contributed by atoms with Crippen molar-refractivity contribution >= 4 is 20.0 Å². The summed E-state index contributed by atoms with van der Waals surface area (Å²) >= 11 is 4.41. The highest BCUT2D eigenvalue weighted by Crippen LogP contribution is 2.20. The predicted octanol–water partition coefficient (Wildman–Crippen LogP) is 2.63. The van der Waals surface area contributed by atoms with Gasteiger partial charge in [0.25, 0.3) is 0 Å². The molecule has 0 unspecified atom stereocenters. The standard InChI is InChI=1S/C9H22O3SSi/c1-7(2)10-14(13,11-8(3)4)12-9(5)6/h7-9,13H,1-6H3. The van der Waals surface area contributed by atoms with Crippen LogP contribution in [0, 0.1) is 0 Å². The minimum absolute atomic E-state index is 0.0664. The van der Waals surface area contributed by atoms with E-state index in [1.54, 1.807) is 0 Å². The Kier molecular flexibility index (Phi) is 6.32. The van der Waals surface area contributed by atoms with Crippen LogP contribution < -0.4 is 0 Å². The Morgan fingerprint density at radius 1 is 0.714 bits per heavy atom. The van der Waals surface area contributed by atoms with Gasteiger partial charge in [-0.1, -0.05) is 0 Å². The Morgan fingerprint density at radius 2 is 0.929 bits per heavy atom. The lowest BCUT2D eigenvalue weighted by atomic mass is 10.5. The van der Waals surface area contributed by atoms with Gasteiger partial charge in [0.2, 0.25) is 0 Å². The quantitative estimate of drug-likeness (QED) is 0.569. The number of rotatable bonds is 6. The summed E-state index contributed by atoms with van der Waals surface area (Å²) in [6.45, 7) is 11.7. The topological polar surface area (TPSA) is 27.7 Å². The van der Waals surface area contributed by atoms with E-state index in [0.717, 1.165) is 0 Å². The average molecular weight is 238 g/mol. The van der Waals surface area contributed by atoms with Gasteiger partial charge in [-0.15, -0.1) is 12.1 Å². The van der Waals surface area contributed by atoms with E-state index < -0.39 is 7.95 Å². The van der Waals surface area contributed by atoms with Gasteiger partial charge >= 0.3 is 7.95 Å². The lowest BCUT2D eigenvalue weighted by Gasteiger charge is -2.29. The van der Waals surface area contributed by atoms with Crippen molar-refractivity contribution in [1.29, 1.82) is 0 Å². The van der Waals surface area contributed by atoms with E-state index in [4.69, 9.17) is 13.3 Å². The van der Waals surface area contributed by atoms with Crippen molar-refractivity contribution in [2.24, 2.45) is 0 Å². The van der Waals surface area contributed by atoms with Gasteiger partial charge < -0.3 is 13.3 Å². The first-order valence-electron chi connectivity index (χ1n) is 5.01. The van der Waals surface area contributed by atoms with Crippen molar-refractivity contribution in [2.45, 2.75) is 59.9 Å². The molecule has 0 rings (SSSR count). The molecule has 0 aromatic heterocycles. The molecule has 0 N–H and O–H groups in total. The maximum absolute atomic E-state index is 5.62. The fourth-order valence-corrected chi connectivity index (χ4v) is 4.83. The van der Waals surface area contributed by atoms with Crippen LogP contribution in [-0.4, -0.2) is 26.3 Å². The summed E-state index contributed by atoms with van der Waals surface area (Å²) in [4.78, 5) is 0. The molecule has 0 fully saturated rings. The zero-order valence-corrected chi connectivity index (χ0v) is 11.8. The highest BCUT2D eigenvalue weighted by atomic mass is 32.3. The van der Waals surface area contributed by atoms with Crippen molar-refractivity contribution in [3.63, 3.8) is 0 Å². The third-order valence-corrected chi connectivity index (χ3v) is 4.41. The molecule has 0 aliphatic heterocycles. The second kappa shape index (κ2) is 6.12. The summed E-state index contributed by atoms with van der Waals surface area (Å²) < 4.78 is 16.9. The molecular formula is C9H22O3SSi. The van der Waals surface area contributed by atoms with Crippen molar-refractivity contribution in [3.05, 3.63) is 0 Å². The van der Waals surface area contributed by atoms with Gasteiger partial charge in [0, 0.05) is 18.3 Å². The molecule has 0 aromatic carbocycles. The smallest absolute Gasteiger partial charge is 0.363 e. The van der Waals surface area contributed by atoms with E-state index in [-0.39, 0.29) is 18.3 Å². The normalized spacial score (nSPS) is 13.3. The Morgan fingerprint density at radius 3 is 1.07 bits per heavy atom. The maximum atomic E-state index is 5.62. The van der Waals surface area contributed by atoms with E-state index in [9.17, 15) is 0 Å². The van der Waals surface area contributed by atoms with E-state index in [1.165, 1.54) is 0 Å². The monoisotopic (exact) mass is 238 g/mol. The van der Waals surface area contributed by atoms with Gasteiger partial charge in [0.05, 0.1) is 0 Å². The Hall–Kier alpha value is 0.447. The van der Waals surface area contributed by atoms with E-state index >= 15 is 0 Å². The minimum atomic E-state index is -2.74. The van der Waals surface area contributed by atoms with E-state index in [1.807, 2.05) is 41.5 Å². The van der Waals surface area contributed by atoms with Crippen LogP contribution in [-0.2, 0) is 13.3 Å². The number of hydrogen-bond donors (Lipinski definition) is 1. The lowest BCUT2D eigenvalue weighted by Crippen LogP contribution is -2.45. The molecule has 0 saturated heterocycles. The molecule has 5 heteroatoms. The Labute approximate surface area is 93.5 Å². The van der Waals surface area contributed by atoms with Crippen LogP contribution in [0.4, 0.5) is 0 Å². The van der Waals surface area contributed by atoms with Gasteiger partial charge in [-0.3, -0.25) is 0 Å². The predicted molar refractivity (Wildman–Crippen MR) is 63.4 cm³/mol. The fourth-order valence-electron chi connectivity index (χ4n) is 0.977. The van der Waals surface area contributed by atoms with Crippen molar-refractivity contribution in [3.8, 4) is 0 Å². The molecule has 86 valence electrons. The third-order valence-electron chi connectivity index (χ3n) is 1.15. The second-order valence-corrected chi connectivity index (χ2v) is 7.42. The molecule has 0 spiro atoms. The molecule has 0 aliphatic rings. The van der Waals surface area contributed by atoms with Crippen LogP contribution in [0.2, 0.25) is 0 Å². The van der Waals surface area contributed by atoms with Crippen LogP contribution >= 0.6 is 12.1 Å². The summed E-state index contributed by atoms with van der Waals surface area (Å²) in [6, 6.07) is 0. The van der Waals surface area contributed by atoms with Crippen LogP contribution in [0.5, 0.6) is 0 Å². The van der Waals surface area contributed by atoms with Crippen molar-refractivity contribution < 1.29 is 13.3 Å². The van der Waals surface area contributed by atoms with Crippen LogP contribution in [0.15, 0.2) is 0 Å². The maximum Gasteiger partial charge on any atom is 0.570 e. The van der Waals surface area contributed by atoms with Crippen LogP contribution in [0.25, 0.3) is 0 Å². The SMILES string of the molecule is CC(C)O[Si](S)(OC(C)C)OC(C)C. The molecule has 0 aromatic rings. The highest BCUT2D eigenvalue weighted by molar-refractivity contribution is 8.11. The van der Waals surface area contributed by atoms with Crippen molar-refractivity contribution in [1.82, 2.24) is 0 Å². The summed E-state index contributed by atoms with van der Waals surface area (Å²) in [6.07, 6.45) is 0.199. The molecule has 0 bridgehead atoms. The molecule has 0 atom stereocenters. The van der Waals surface area contributed by atoms with Gasteiger partial charge in [-0.2, -0.15) is 0 Å². The summed E-state index contributed by atoms with van der Waals surface area (Å²) in [5.74, 6) is 0. The molecule has 0 radical (unpaired) electrons. The van der Waals surface area contributed by atoms with E-state index in [0.29, 0.717) is 0 Å². The Bertz CT molecular complexity index is 136. The first kappa shape index (κ1) is 14.4. The molecule has 0 heterocycles. The van der Waals surface area contributed by atoms with Crippen LogP contribution in [0.1, 0.15) is 41.5 Å². The highest BCUT2D eigenvalue weighted by Gasteiger charge is 2.40. The number of hydrogen-bond acceptors (Lipinski definition) is 4. The molecular weight excluding hydrogens is 216 g/mol. The van der Waals surface area contributed by atoms with Gasteiger partial charge in [0.15, 0.2) is 0 Å². The molecule has 0 amide bonds. The summed E-state index contributed by atoms with van der Waals surface area (Å²) in [5, 5.41) is 0. The average Bonchev–Trinajstić information content (AvgIpc) is 1.76. The van der Waals surface area contributed by atoms with Gasteiger partial charge in [-0.05, 0) is 41.5 Å². The second-order valence-electron chi connectivity index (χ2n) is 4.02. The largest absolute Gasteiger partial charge is 0.570 e. The first-order valence-corrected chi connectivity index (χ1v) is 8.02. The fraction of sp³-hybridized carbons (Fsp3) is 1.00. The summed E-state index contributed by atoms with van der Waals surface area (Å²) in [5.41, 5.74) is 0. The van der Waals surface area contributed by atoms with Crippen molar-refractivity contribution in [2.75, 3.05) is 0 Å². The molecule has 0 aliphatic carbocycles. The molecule has 3 nitrogen and oxygen atoms in total. The minimum Gasteiger partial charge on any atom is -0.363 e. The van der Waals surface area contributed by atoms with E-state index in [2.05, 4.69) is 12.1 Å². The lowest BCUT2D eigenvalue weighted by molar-refractivity contribution is 0.0251. The first-order chi connectivity index (χ1) is 6.25.